The molecule has 0 radical (unpaired) electrons. The molecule has 1 amide bonds. The molecule has 1 aliphatic rings. The van der Waals surface area contributed by atoms with E-state index >= 15 is 4.39 Å². The largest absolute Gasteiger partial charge is 0.456 e. The Kier molecular flexibility index (Phi) is 9.70. The van der Waals surface area contributed by atoms with Gasteiger partial charge in [-0.3, -0.25) is 9.48 Å². The first kappa shape index (κ1) is 34.0. The average Bonchev–Trinajstić information content (AvgIpc) is 3.58. The summed E-state index contributed by atoms with van der Waals surface area (Å²) in [5.41, 5.74) is 4.21. The van der Waals surface area contributed by atoms with E-state index in [0.717, 1.165) is 64.2 Å². The SMILES string of the molecule is CCNC(=O)c1cc2c([nH]1)C(O)N(C)C=C2c1cc2c(cc1Oc1c(C)cccc1C)c(N(C)CCCN(C)C)nn2CC(C)(C)F. The van der Waals surface area contributed by atoms with Gasteiger partial charge in [0.1, 0.15) is 22.9 Å². The number of rotatable bonds is 12. The molecule has 0 fully saturated rings. The Balaban J connectivity index is 1.76. The lowest BCUT2D eigenvalue weighted by Crippen LogP contribution is -2.25. The van der Waals surface area contributed by atoms with Crippen LogP contribution in [0.2, 0.25) is 0 Å². The van der Waals surface area contributed by atoms with Crippen molar-refractivity contribution >= 4 is 28.2 Å². The van der Waals surface area contributed by atoms with E-state index in [9.17, 15) is 9.90 Å². The van der Waals surface area contributed by atoms with Crippen LogP contribution in [0.15, 0.2) is 42.6 Å². The summed E-state index contributed by atoms with van der Waals surface area (Å²) in [6.45, 7) is 11.2. The molecule has 2 aromatic carbocycles. The number of amides is 1. The van der Waals surface area contributed by atoms with Crippen LogP contribution < -0.4 is 15.0 Å². The summed E-state index contributed by atoms with van der Waals surface area (Å²) in [4.78, 5) is 22.0. The number of nitrogens with one attached hydrogen (secondary N) is 2. The Bertz CT molecular complexity index is 1780. The molecule has 0 spiro atoms. The third-order valence-corrected chi connectivity index (χ3v) is 8.43. The smallest absolute Gasteiger partial charge is 0.267 e. The van der Waals surface area contributed by atoms with Crippen LogP contribution in [0.3, 0.4) is 0 Å². The highest BCUT2D eigenvalue weighted by Gasteiger charge is 2.31. The number of aliphatic hydroxyl groups excluding tert-OH is 1. The Labute approximate surface area is 276 Å². The zero-order valence-electron chi connectivity index (χ0n) is 29.0. The summed E-state index contributed by atoms with van der Waals surface area (Å²) < 4.78 is 23.8. The van der Waals surface area contributed by atoms with Gasteiger partial charge in [-0.1, -0.05) is 18.2 Å². The van der Waals surface area contributed by atoms with Gasteiger partial charge in [-0.15, -0.1) is 0 Å². The number of ether oxygens (including phenoxy) is 1. The molecule has 0 saturated heterocycles. The molecule has 0 aliphatic carbocycles. The number of aromatic amines is 1. The highest BCUT2D eigenvalue weighted by molar-refractivity contribution is 5.99. The summed E-state index contributed by atoms with van der Waals surface area (Å²) >= 11 is 0. The number of hydrogen-bond donors (Lipinski definition) is 3. The second kappa shape index (κ2) is 13.4. The summed E-state index contributed by atoms with van der Waals surface area (Å²) in [5, 5.41) is 19.8. The van der Waals surface area contributed by atoms with Gasteiger partial charge in [-0.2, -0.15) is 5.10 Å². The first-order chi connectivity index (χ1) is 22.2. The van der Waals surface area contributed by atoms with Crippen LogP contribution in [0.1, 0.15) is 71.9 Å². The lowest BCUT2D eigenvalue weighted by molar-refractivity contribution is 0.0486. The van der Waals surface area contributed by atoms with Gasteiger partial charge in [0.15, 0.2) is 12.0 Å². The number of aromatic nitrogens is 3. The molecule has 0 saturated carbocycles. The third-order valence-electron chi connectivity index (χ3n) is 8.43. The van der Waals surface area contributed by atoms with Crippen molar-refractivity contribution in [3.05, 3.63) is 76.2 Å². The van der Waals surface area contributed by atoms with Crippen molar-refractivity contribution in [2.75, 3.05) is 52.7 Å². The normalized spacial score (nSPS) is 14.9. The van der Waals surface area contributed by atoms with Gasteiger partial charge < -0.3 is 34.8 Å². The van der Waals surface area contributed by atoms with Gasteiger partial charge in [-0.05, 0) is 91.0 Å². The van der Waals surface area contributed by atoms with Crippen LogP contribution in [0.4, 0.5) is 10.2 Å². The van der Waals surface area contributed by atoms with E-state index in [2.05, 4.69) is 34.2 Å². The van der Waals surface area contributed by atoms with E-state index in [1.165, 1.54) is 0 Å². The molecule has 4 aromatic rings. The quantitative estimate of drug-likeness (QED) is 0.174. The van der Waals surface area contributed by atoms with Gasteiger partial charge >= 0.3 is 0 Å². The zero-order valence-corrected chi connectivity index (χ0v) is 29.0. The van der Waals surface area contributed by atoms with Crippen molar-refractivity contribution in [1.29, 1.82) is 0 Å². The standard InChI is InChI=1S/C36H48FN7O3/c1-10-38-34(45)28-17-25-27(20-43(9)35(46)31(25)39-28)24-18-29-26(19-30(24)47-32-22(2)13-11-14-23(32)3)33(40-44(29)21-36(4,5)37)42(8)16-12-15-41(6)7/h11,13-14,17-20,35,39,46H,10,12,15-16,21H2,1-9H3,(H,38,45). The number of benzene rings is 2. The average molecular weight is 646 g/mol. The molecule has 47 heavy (non-hydrogen) atoms. The van der Waals surface area contributed by atoms with Crippen LogP contribution in [0, 0.1) is 13.8 Å². The number of carbonyl (C=O) groups is 1. The Morgan fingerprint density at radius 3 is 2.47 bits per heavy atom. The number of hydrogen-bond acceptors (Lipinski definition) is 7. The molecule has 2 aromatic heterocycles. The first-order valence-electron chi connectivity index (χ1n) is 16.2. The molecular weight excluding hydrogens is 597 g/mol. The summed E-state index contributed by atoms with van der Waals surface area (Å²) in [6, 6.07) is 11.8. The molecule has 3 N–H and O–H groups in total. The van der Waals surface area contributed by atoms with Crippen molar-refractivity contribution in [2.24, 2.45) is 0 Å². The Morgan fingerprint density at radius 1 is 1.13 bits per heavy atom. The Morgan fingerprint density at radius 2 is 1.83 bits per heavy atom. The van der Waals surface area contributed by atoms with Crippen molar-refractivity contribution in [3.63, 3.8) is 0 Å². The number of aryl methyl sites for hydroxylation is 2. The number of aliphatic hydroxyl groups is 1. The van der Waals surface area contributed by atoms with Crippen LogP contribution in [0.5, 0.6) is 11.5 Å². The maximum atomic E-state index is 15.3. The number of H-pyrrole nitrogens is 1. The highest BCUT2D eigenvalue weighted by atomic mass is 19.1. The molecule has 10 nitrogen and oxygen atoms in total. The predicted molar refractivity (Wildman–Crippen MR) is 186 cm³/mol. The second-order valence-electron chi connectivity index (χ2n) is 13.4. The van der Waals surface area contributed by atoms with Gasteiger partial charge in [0.2, 0.25) is 0 Å². The van der Waals surface area contributed by atoms with E-state index in [0.29, 0.717) is 29.2 Å². The fraction of sp³-hybridized carbons (Fsp3) is 0.444. The number of para-hydroxylation sites is 1. The second-order valence-corrected chi connectivity index (χ2v) is 13.4. The van der Waals surface area contributed by atoms with E-state index in [-0.39, 0.29) is 12.5 Å². The molecule has 1 atom stereocenters. The Hall–Kier alpha value is -4.35. The lowest BCUT2D eigenvalue weighted by Gasteiger charge is -2.29. The zero-order chi connectivity index (χ0) is 34.2. The minimum atomic E-state index is -1.52. The maximum absolute atomic E-state index is 15.3. The molecule has 252 valence electrons. The number of fused-ring (bicyclic) bond motifs is 2. The predicted octanol–water partition coefficient (Wildman–Crippen LogP) is 5.98. The van der Waals surface area contributed by atoms with Crippen molar-refractivity contribution in [1.82, 2.24) is 29.9 Å². The third kappa shape index (κ3) is 7.16. The molecule has 5 rings (SSSR count). The fourth-order valence-corrected chi connectivity index (χ4v) is 6.07. The summed E-state index contributed by atoms with van der Waals surface area (Å²) in [7, 11) is 7.90. The minimum Gasteiger partial charge on any atom is -0.456 e. The lowest BCUT2D eigenvalue weighted by atomic mass is 9.93. The van der Waals surface area contributed by atoms with E-state index in [1.807, 2.05) is 64.4 Å². The molecule has 0 bridgehead atoms. The van der Waals surface area contributed by atoms with Gasteiger partial charge in [0.05, 0.1) is 17.8 Å². The summed E-state index contributed by atoms with van der Waals surface area (Å²) in [6.07, 6.45) is 1.81. The number of anilines is 1. The number of halogens is 1. The van der Waals surface area contributed by atoms with Crippen molar-refractivity contribution in [2.45, 2.75) is 59.5 Å². The van der Waals surface area contributed by atoms with E-state index in [4.69, 9.17) is 9.84 Å². The van der Waals surface area contributed by atoms with Crippen LogP contribution in [-0.2, 0) is 6.54 Å². The molecule has 1 aliphatic heterocycles. The van der Waals surface area contributed by atoms with Crippen LogP contribution in [0.25, 0.3) is 16.5 Å². The molecule has 3 heterocycles. The van der Waals surface area contributed by atoms with Crippen LogP contribution in [-0.4, -0.2) is 89.1 Å². The first-order valence-corrected chi connectivity index (χ1v) is 16.2. The minimum absolute atomic E-state index is 0.0555. The fourth-order valence-electron chi connectivity index (χ4n) is 6.07. The number of nitrogens with zero attached hydrogens (tertiary/aromatic N) is 5. The van der Waals surface area contributed by atoms with Crippen molar-refractivity contribution < 1.29 is 19.0 Å². The number of alkyl halides is 1. The van der Waals surface area contributed by atoms with Gasteiger partial charge in [-0.25, -0.2) is 4.39 Å². The maximum Gasteiger partial charge on any atom is 0.267 e. The molecular formula is C36H48FN7O3. The van der Waals surface area contributed by atoms with Gasteiger partial charge in [0, 0.05) is 55.5 Å². The van der Waals surface area contributed by atoms with Gasteiger partial charge in [0.25, 0.3) is 5.91 Å². The monoisotopic (exact) mass is 645 g/mol. The molecule has 1 unspecified atom stereocenters. The topological polar surface area (TPSA) is 102 Å². The highest BCUT2D eigenvalue weighted by Crippen LogP contribution is 2.44. The summed E-state index contributed by atoms with van der Waals surface area (Å²) in [5.74, 6) is 1.81. The van der Waals surface area contributed by atoms with E-state index < -0.39 is 11.9 Å². The molecule has 11 heteroatoms. The van der Waals surface area contributed by atoms with E-state index in [1.54, 1.807) is 36.5 Å². The van der Waals surface area contributed by atoms with Crippen molar-refractivity contribution in [3.8, 4) is 11.5 Å². The number of carbonyl (C=O) groups excluding carboxylic acids is 1. The van der Waals surface area contributed by atoms with Crippen LogP contribution >= 0.6 is 0 Å².